The summed E-state index contributed by atoms with van der Waals surface area (Å²) >= 11 is 4.95. The molecule has 0 unspecified atom stereocenters. The smallest absolute Gasteiger partial charge is 0.349 e. The maximum atomic E-state index is 12.9. The summed E-state index contributed by atoms with van der Waals surface area (Å²) in [5, 5.41) is 18.6. The number of rotatable bonds is 4. The number of carbonyl (C=O) groups is 1. The summed E-state index contributed by atoms with van der Waals surface area (Å²) in [5.74, 6) is 0.107. The number of fused-ring (bicyclic) bond motifs is 2. The van der Waals surface area contributed by atoms with Crippen LogP contribution in [-0.4, -0.2) is 25.7 Å². The third kappa shape index (κ3) is 4.02. The van der Waals surface area contributed by atoms with Gasteiger partial charge in [0.05, 0.1) is 10.6 Å². The maximum Gasteiger partial charge on any atom is 0.349 e. The van der Waals surface area contributed by atoms with Crippen LogP contribution in [0.3, 0.4) is 0 Å². The van der Waals surface area contributed by atoms with Crippen LogP contribution in [0.5, 0.6) is 0 Å². The first-order valence-electron chi connectivity index (χ1n) is 10.5. The Morgan fingerprint density at radius 3 is 2.77 bits per heavy atom. The van der Waals surface area contributed by atoms with Crippen LogP contribution in [0.2, 0.25) is 0 Å². The highest BCUT2D eigenvalue weighted by atomic mass is 79.9. The van der Waals surface area contributed by atoms with Crippen molar-refractivity contribution in [1.82, 2.24) is 19.8 Å². The van der Waals surface area contributed by atoms with Gasteiger partial charge in [0.1, 0.15) is 11.1 Å². The molecular weight excluding hydrogens is 530 g/mol. The lowest BCUT2D eigenvalue weighted by Gasteiger charge is -2.08. The number of anilines is 1. The van der Waals surface area contributed by atoms with Crippen molar-refractivity contribution in [1.29, 1.82) is 0 Å². The molecule has 4 heterocycles. The fourth-order valence-electron chi connectivity index (χ4n) is 3.71. The number of thiophene rings is 1. The lowest BCUT2D eigenvalue weighted by Crippen LogP contribution is -2.20. The molecule has 1 N–H and O–H groups in total. The Labute approximate surface area is 210 Å². The predicted octanol–water partition coefficient (Wildman–Crippen LogP) is 5.64. The van der Waals surface area contributed by atoms with Crippen LogP contribution in [0.4, 0.5) is 5.69 Å². The average molecular weight is 544 g/mol. The molecule has 0 aliphatic heterocycles. The molecule has 2 aromatic carbocycles. The van der Waals surface area contributed by atoms with Gasteiger partial charge < -0.3 is 9.73 Å². The van der Waals surface area contributed by atoms with Crippen molar-refractivity contribution < 1.29 is 9.21 Å². The van der Waals surface area contributed by atoms with E-state index >= 15 is 0 Å². The van der Waals surface area contributed by atoms with Gasteiger partial charge in [0.15, 0.2) is 11.5 Å². The van der Waals surface area contributed by atoms with Gasteiger partial charge in [-0.05, 0) is 60.0 Å². The van der Waals surface area contributed by atoms with E-state index in [1.165, 1.54) is 6.07 Å². The second-order valence-corrected chi connectivity index (χ2v) is 9.52. The van der Waals surface area contributed by atoms with Crippen LogP contribution in [0.1, 0.15) is 10.4 Å². The average Bonchev–Trinajstić information content (AvgIpc) is 3.53. The predicted molar refractivity (Wildman–Crippen MR) is 138 cm³/mol. The van der Waals surface area contributed by atoms with Gasteiger partial charge in [-0.15, -0.1) is 21.5 Å². The lowest BCUT2D eigenvalue weighted by atomic mass is 10.1. The molecule has 0 atom stereocenters. The zero-order valence-corrected chi connectivity index (χ0v) is 20.2. The van der Waals surface area contributed by atoms with Crippen LogP contribution in [0.15, 0.2) is 91.9 Å². The minimum atomic E-state index is -0.700. The molecule has 6 rings (SSSR count). The standard InChI is InChI=1S/C25H14BrN5O3S/c26-16-6-8-20-15(11-16)13-18(25(33)34-20)24(32)27-17-4-1-3-14(12-17)19-7-9-22-28-29-23(31(22)30-19)21-5-2-10-35-21/h1-13H,(H,27,32). The van der Waals surface area contributed by atoms with E-state index in [1.807, 2.05) is 41.8 Å². The van der Waals surface area contributed by atoms with Gasteiger partial charge in [-0.3, -0.25) is 4.79 Å². The highest BCUT2D eigenvalue weighted by Gasteiger charge is 2.16. The molecule has 0 spiro atoms. The molecule has 0 aliphatic rings. The van der Waals surface area contributed by atoms with Gasteiger partial charge in [0.2, 0.25) is 0 Å². The van der Waals surface area contributed by atoms with Crippen LogP contribution < -0.4 is 10.9 Å². The van der Waals surface area contributed by atoms with Crippen molar-refractivity contribution in [3.05, 3.63) is 98.6 Å². The van der Waals surface area contributed by atoms with Gasteiger partial charge in [0.25, 0.3) is 5.91 Å². The van der Waals surface area contributed by atoms with Crippen molar-refractivity contribution in [3.8, 4) is 22.0 Å². The first-order chi connectivity index (χ1) is 17.0. The van der Waals surface area contributed by atoms with E-state index < -0.39 is 11.5 Å². The van der Waals surface area contributed by atoms with Crippen LogP contribution in [-0.2, 0) is 0 Å². The van der Waals surface area contributed by atoms with Crippen molar-refractivity contribution in [3.63, 3.8) is 0 Å². The van der Waals surface area contributed by atoms with Crippen molar-refractivity contribution in [2.75, 3.05) is 5.32 Å². The zero-order chi connectivity index (χ0) is 23.9. The third-order valence-corrected chi connectivity index (χ3v) is 6.72. The fraction of sp³-hybridized carbons (Fsp3) is 0. The third-order valence-electron chi connectivity index (χ3n) is 5.36. The molecule has 8 nitrogen and oxygen atoms in total. The first-order valence-corrected chi connectivity index (χ1v) is 12.1. The second kappa shape index (κ2) is 8.57. The Morgan fingerprint density at radius 2 is 1.91 bits per heavy atom. The molecular formula is C25H14BrN5O3S. The zero-order valence-electron chi connectivity index (χ0n) is 17.8. The highest BCUT2D eigenvalue weighted by molar-refractivity contribution is 9.10. The SMILES string of the molecule is O=C(Nc1cccc(-c2ccc3nnc(-c4cccs4)n3n2)c1)c1cc2cc(Br)ccc2oc1=O. The van der Waals surface area contributed by atoms with Crippen molar-refractivity contribution in [2.45, 2.75) is 0 Å². The number of hydrogen-bond acceptors (Lipinski definition) is 7. The number of benzene rings is 2. The van der Waals surface area contributed by atoms with E-state index in [0.717, 1.165) is 14.9 Å². The minimum Gasteiger partial charge on any atom is -0.422 e. The monoisotopic (exact) mass is 543 g/mol. The Balaban J connectivity index is 1.32. The lowest BCUT2D eigenvalue weighted by molar-refractivity contribution is 0.102. The second-order valence-electron chi connectivity index (χ2n) is 7.65. The van der Waals surface area contributed by atoms with Gasteiger partial charge in [0, 0.05) is 21.1 Å². The molecule has 1 amide bonds. The topological polar surface area (TPSA) is 102 Å². The Bertz CT molecular complexity index is 1790. The number of carbonyl (C=O) groups excluding carboxylic acids is 1. The maximum absolute atomic E-state index is 12.9. The van der Waals surface area contributed by atoms with E-state index in [-0.39, 0.29) is 5.56 Å². The first kappa shape index (κ1) is 21.4. The summed E-state index contributed by atoms with van der Waals surface area (Å²) < 4.78 is 7.83. The van der Waals surface area contributed by atoms with Crippen molar-refractivity contribution >= 4 is 55.5 Å². The van der Waals surface area contributed by atoms with E-state index in [9.17, 15) is 9.59 Å². The molecule has 0 bridgehead atoms. The van der Waals surface area contributed by atoms with E-state index in [2.05, 4.69) is 31.4 Å². The number of hydrogen-bond donors (Lipinski definition) is 1. The summed E-state index contributed by atoms with van der Waals surface area (Å²) in [6, 6.07) is 21.6. The number of aromatic nitrogens is 4. The van der Waals surface area contributed by atoms with Crippen molar-refractivity contribution in [2.24, 2.45) is 0 Å². The molecule has 6 aromatic rings. The Morgan fingerprint density at radius 1 is 1.00 bits per heavy atom. The Kier molecular flexibility index (Phi) is 5.24. The summed E-state index contributed by atoms with van der Waals surface area (Å²) in [7, 11) is 0. The molecule has 0 aliphatic carbocycles. The largest absolute Gasteiger partial charge is 0.422 e. The van der Waals surface area contributed by atoms with Crippen LogP contribution in [0.25, 0.3) is 38.6 Å². The van der Waals surface area contributed by atoms with E-state index in [4.69, 9.17) is 9.52 Å². The highest BCUT2D eigenvalue weighted by Crippen LogP contribution is 2.26. The summed E-state index contributed by atoms with van der Waals surface area (Å²) in [6.07, 6.45) is 0. The minimum absolute atomic E-state index is 0.0781. The summed E-state index contributed by atoms with van der Waals surface area (Å²) in [4.78, 5) is 26.3. The summed E-state index contributed by atoms with van der Waals surface area (Å²) in [6.45, 7) is 0. The summed E-state index contributed by atoms with van der Waals surface area (Å²) in [5.41, 5.74) is 2.25. The molecule has 10 heteroatoms. The number of amides is 1. The van der Waals surface area contributed by atoms with Gasteiger partial charge in [-0.1, -0.05) is 34.1 Å². The quantitative estimate of drug-likeness (QED) is 0.288. The molecule has 0 radical (unpaired) electrons. The van der Waals surface area contributed by atoms with E-state index in [0.29, 0.717) is 33.8 Å². The normalized spacial score (nSPS) is 11.2. The molecule has 170 valence electrons. The number of nitrogens with zero attached hydrogens (tertiary/aromatic N) is 4. The fourth-order valence-corrected chi connectivity index (χ4v) is 4.78. The van der Waals surface area contributed by atoms with Crippen LogP contribution in [0, 0.1) is 0 Å². The molecule has 0 fully saturated rings. The molecule has 4 aromatic heterocycles. The van der Waals surface area contributed by atoms with Gasteiger partial charge in [-0.25, -0.2) is 4.79 Å². The Hall–Kier alpha value is -4.15. The number of nitrogens with one attached hydrogen (secondary N) is 1. The number of halogens is 1. The van der Waals surface area contributed by atoms with E-state index in [1.54, 1.807) is 46.2 Å². The van der Waals surface area contributed by atoms with Gasteiger partial charge >= 0.3 is 5.63 Å². The molecule has 35 heavy (non-hydrogen) atoms. The molecule has 0 saturated carbocycles. The van der Waals surface area contributed by atoms with Crippen LogP contribution >= 0.6 is 27.3 Å². The molecule has 0 saturated heterocycles. The van der Waals surface area contributed by atoms with Gasteiger partial charge in [-0.2, -0.15) is 9.61 Å².